The molecule has 11 heteroatoms. The minimum absolute atomic E-state index is 0.0816. The minimum Gasteiger partial charge on any atom is -0.375 e. The highest BCUT2D eigenvalue weighted by Gasteiger charge is 2.21. The molecule has 5 rings (SSSR count). The summed E-state index contributed by atoms with van der Waals surface area (Å²) in [6.45, 7) is 1.58. The van der Waals surface area contributed by atoms with Crippen LogP contribution in [0.1, 0.15) is 24.0 Å². The first-order valence-corrected chi connectivity index (χ1v) is 13.5. The second kappa shape index (κ2) is 10.1. The van der Waals surface area contributed by atoms with E-state index in [0.717, 1.165) is 40.7 Å². The molecule has 1 aliphatic rings. The summed E-state index contributed by atoms with van der Waals surface area (Å²) >= 11 is 1.46. The van der Waals surface area contributed by atoms with E-state index in [4.69, 9.17) is 5.73 Å². The zero-order valence-electron chi connectivity index (χ0n) is 18.8. The Kier molecular flexibility index (Phi) is 6.73. The minimum atomic E-state index is -3.56. The van der Waals surface area contributed by atoms with E-state index in [2.05, 4.69) is 30.3 Å². The number of nitrogens with one attached hydrogen (secondary N) is 3. The van der Waals surface area contributed by atoms with E-state index in [1.807, 2.05) is 30.4 Å². The van der Waals surface area contributed by atoms with E-state index >= 15 is 0 Å². The number of thiazole rings is 1. The number of aromatic nitrogens is 3. The lowest BCUT2D eigenvalue weighted by Gasteiger charge is -2.23. The Morgan fingerprint density at radius 2 is 1.83 bits per heavy atom. The van der Waals surface area contributed by atoms with Crippen LogP contribution < -0.4 is 21.1 Å². The third kappa shape index (κ3) is 5.82. The van der Waals surface area contributed by atoms with Gasteiger partial charge in [0, 0.05) is 36.2 Å². The van der Waals surface area contributed by atoms with E-state index < -0.39 is 10.0 Å². The molecule has 1 unspecified atom stereocenters. The van der Waals surface area contributed by atoms with Crippen molar-refractivity contribution < 1.29 is 8.42 Å². The second-order valence-corrected chi connectivity index (χ2v) is 11.0. The fraction of sp³-hybridized carbons (Fsp3) is 0.208. The monoisotopic (exact) mass is 507 g/mol. The summed E-state index contributed by atoms with van der Waals surface area (Å²) in [5, 5.41) is 6.87. The van der Waals surface area contributed by atoms with Gasteiger partial charge in [-0.2, -0.15) is 0 Å². The van der Waals surface area contributed by atoms with E-state index in [1.165, 1.54) is 11.3 Å². The highest BCUT2D eigenvalue weighted by molar-refractivity contribution is 7.89. The van der Waals surface area contributed by atoms with Crippen molar-refractivity contribution in [1.29, 1.82) is 0 Å². The average Bonchev–Trinajstić information content (AvgIpc) is 3.23. The predicted molar refractivity (Wildman–Crippen MR) is 141 cm³/mol. The van der Waals surface area contributed by atoms with Crippen molar-refractivity contribution in [2.24, 2.45) is 0 Å². The molecular formula is C24H25N7O2S2. The van der Waals surface area contributed by atoms with Crippen molar-refractivity contribution >= 4 is 60.5 Å². The van der Waals surface area contributed by atoms with Gasteiger partial charge in [-0.15, -0.1) is 0 Å². The standard InChI is InChI=1S/C24H25N7O2S2/c25-23-30-21-10-5-16(12-22(21)34-23)3-4-17-13-27-24(28-14-17)29-18-6-8-20(9-7-18)35(32,33)31-19-2-1-11-26-15-19/h3-10,12-14,19,26,31H,1-2,11,15H2,(H2,25,30)(H,27,28,29). The summed E-state index contributed by atoms with van der Waals surface area (Å²) in [6.07, 6.45) is 9.15. The Hall–Kier alpha value is -3.38. The molecular weight excluding hydrogens is 482 g/mol. The van der Waals surface area contributed by atoms with Crippen molar-refractivity contribution in [3.05, 3.63) is 66.0 Å². The fourth-order valence-corrected chi connectivity index (χ4v) is 5.88. The Bertz CT molecular complexity index is 1440. The molecule has 4 aromatic rings. The van der Waals surface area contributed by atoms with Crippen LogP contribution in [0.3, 0.4) is 0 Å². The van der Waals surface area contributed by atoms with Gasteiger partial charge in [0.15, 0.2) is 5.13 Å². The molecule has 1 fully saturated rings. The number of piperidine rings is 1. The first-order valence-electron chi connectivity index (χ1n) is 11.2. The van der Waals surface area contributed by atoms with Crippen LogP contribution >= 0.6 is 11.3 Å². The van der Waals surface area contributed by atoms with Crippen LogP contribution in [0.5, 0.6) is 0 Å². The molecule has 3 heterocycles. The lowest BCUT2D eigenvalue weighted by Crippen LogP contribution is -2.45. The average molecular weight is 508 g/mol. The number of nitrogens with two attached hydrogens (primary N) is 1. The van der Waals surface area contributed by atoms with E-state index in [9.17, 15) is 8.42 Å². The molecule has 1 aliphatic heterocycles. The van der Waals surface area contributed by atoms with E-state index in [1.54, 1.807) is 36.7 Å². The largest absolute Gasteiger partial charge is 0.375 e. The molecule has 5 N–H and O–H groups in total. The van der Waals surface area contributed by atoms with Crippen molar-refractivity contribution in [3.63, 3.8) is 0 Å². The highest BCUT2D eigenvalue weighted by Crippen LogP contribution is 2.25. The van der Waals surface area contributed by atoms with Gasteiger partial charge in [0.2, 0.25) is 16.0 Å². The van der Waals surface area contributed by atoms with Gasteiger partial charge in [-0.3, -0.25) is 0 Å². The van der Waals surface area contributed by atoms with Crippen LogP contribution in [0.4, 0.5) is 16.8 Å². The van der Waals surface area contributed by atoms with Crippen LogP contribution in [0.15, 0.2) is 59.8 Å². The van der Waals surface area contributed by atoms with Gasteiger partial charge in [-0.05, 0) is 61.3 Å². The summed E-state index contributed by atoms with van der Waals surface area (Å²) in [5.41, 5.74) is 9.25. The van der Waals surface area contributed by atoms with Gasteiger partial charge in [-0.25, -0.2) is 28.1 Å². The Morgan fingerprint density at radius 3 is 2.57 bits per heavy atom. The van der Waals surface area contributed by atoms with Gasteiger partial charge in [0.1, 0.15) is 0 Å². The molecule has 1 saturated heterocycles. The smallest absolute Gasteiger partial charge is 0.240 e. The predicted octanol–water partition coefficient (Wildman–Crippen LogP) is 3.61. The molecule has 9 nitrogen and oxygen atoms in total. The van der Waals surface area contributed by atoms with Crippen molar-refractivity contribution in [2.75, 3.05) is 24.1 Å². The summed E-state index contributed by atoms with van der Waals surface area (Å²) in [4.78, 5) is 13.2. The van der Waals surface area contributed by atoms with Gasteiger partial charge in [0.05, 0.1) is 15.1 Å². The summed E-state index contributed by atoms with van der Waals surface area (Å²) < 4.78 is 29.1. The number of rotatable bonds is 7. The van der Waals surface area contributed by atoms with E-state index in [0.29, 0.717) is 23.3 Å². The molecule has 0 radical (unpaired) electrons. The SMILES string of the molecule is Nc1nc2ccc(C=Cc3cnc(Nc4ccc(S(=O)(=O)NC5CCCNC5)cc4)nc3)cc2s1. The Balaban J connectivity index is 1.20. The lowest BCUT2D eigenvalue weighted by atomic mass is 10.1. The zero-order chi connectivity index (χ0) is 24.3. The molecule has 0 bridgehead atoms. The number of nitrogens with zero attached hydrogens (tertiary/aromatic N) is 3. The molecule has 0 saturated carbocycles. The maximum Gasteiger partial charge on any atom is 0.240 e. The summed E-state index contributed by atoms with van der Waals surface area (Å²) in [6, 6.07) is 12.5. The number of nitrogen functional groups attached to an aromatic ring is 1. The van der Waals surface area contributed by atoms with Crippen LogP contribution in [0, 0.1) is 0 Å². The number of sulfonamides is 1. The molecule has 35 heavy (non-hydrogen) atoms. The van der Waals surface area contributed by atoms with Gasteiger partial charge < -0.3 is 16.4 Å². The van der Waals surface area contributed by atoms with Crippen LogP contribution in [0.2, 0.25) is 0 Å². The zero-order valence-corrected chi connectivity index (χ0v) is 20.4. The lowest BCUT2D eigenvalue weighted by molar-refractivity contribution is 0.428. The molecule has 1 atom stereocenters. The Labute approximate surface area is 207 Å². The number of benzene rings is 2. The van der Waals surface area contributed by atoms with E-state index in [-0.39, 0.29) is 10.9 Å². The van der Waals surface area contributed by atoms with Crippen LogP contribution in [-0.4, -0.2) is 42.5 Å². The number of hydrogen-bond donors (Lipinski definition) is 4. The first kappa shape index (κ1) is 23.4. The van der Waals surface area contributed by atoms with Crippen LogP contribution in [0.25, 0.3) is 22.4 Å². The second-order valence-electron chi connectivity index (χ2n) is 8.27. The number of hydrogen-bond acceptors (Lipinski definition) is 9. The molecule has 2 aromatic heterocycles. The first-order chi connectivity index (χ1) is 16.9. The molecule has 0 amide bonds. The highest BCUT2D eigenvalue weighted by atomic mass is 32.2. The summed E-state index contributed by atoms with van der Waals surface area (Å²) in [7, 11) is -3.56. The molecule has 0 spiro atoms. The van der Waals surface area contributed by atoms with Crippen molar-refractivity contribution in [2.45, 2.75) is 23.8 Å². The van der Waals surface area contributed by atoms with Crippen molar-refractivity contribution in [1.82, 2.24) is 25.0 Å². The maximum atomic E-state index is 12.6. The molecule has 0 aliphatic carbocycles. The quantitative estimate of drug-likeness (QED) is 0.298. The number of anilines is 3. The Morgan fingerprint density at radius 1 is 1.06 bits per heavy atom. The van der Waals surface area contributed by atoms with Crippen molar-refractivity contribution in [3.8, 4) is 0 Å². The van der Waals surface area contributed by atoms with Crippen LogP contribution in [-0.2, 0) is 10.0 Å². The number of fused-ring (bicyclic) bond motifs is 1. The van der Waals surface area contributed by atoms with Gasteiger partial charge in [-0.1, -0.05) is 29.6 Å². The summed E-state index contributed by atoms with van der Waals surface area (Å²) in [5.74, 6) is 0.422. The maximum absolute atomic E-state index is 12.6. The van der Waals surface area contributed by atoms with Gasteiger partial charge >= 0.3 is 0 Å². The molecule has 2 aromatic carbocycles. The third-order valence-corrected chi connectivity index (χ3v) is 7.99. The topological polar surface area (TPSA) is 135 Å². The fourth-order valence-electron chi connectivity index (χ4n) is 3.83. The van der Waals surface area contributed by atoms with Gasteiger partial charge in [0.25, 0.3) is 0 Å². The third-order valence-electron chi connectivity index (χ3n) is 5.61. The normalized spacial score (nSPS) is 16.6. The molecule has 180 valence electrons.